The minimum absolute atomic E-state index is 0. The smallest absolute Gasteiger partial charge is 0.0699 e. The van der Waals surface area contributed by atoms with E-state index in [-0.39, 0.29) is 19.0 Å². The number of pyridine rings is 1. The lowest BCUT2D eigenvalue weighted by atomic mass is 10.1. The summed E-state index contributed by atoms with van der Waals surface area (Å²) >= 11 is 0. The fourth-order valence-corrected chi connectivity index (χ4v) is 1.31. The summed E-state index contributed by atoms with van der Waals surface area (Å²) in [5.41, 5.74) is 2.10. The van der Waals surface area contributed by atoms with Crippen molar-refractivity contribution >= 4 is 12.4 Å². The van der Waals surface area contributed by atoms with Gasteiger partial charge in [-0.05, 0) is 24.5 Å². The van der Waals surface area contributed by atoms with Crippen LogP contribution < -0.4 is 0 Å². The Morgan fingerprint density at radius 2 is 2.25 bits per heavy atom. The van der Waals surface area contributed by atoms with Gasteiger partial charge in [0.1, 0.15) is 0 Å². The molecule has 1 aliphatic rings. The van der Waals surface area contributed by atoms with E-state index in [9.17, 15) is 0 Å². The first-order valence-electron chi connectivity index (χ1n) is 3.96. The Balaban J connectivity index is 0.000000720. The molecule has 0 spiro atoms. The molecule has 1 aromatic rings. The van der Waals surface area contributed by atoms with Crippen LogP contribution in [-0.2, 0) is 6.61 Å². The monoisotopic (exact) mass is 185 g/mol. The zero-order chi connectivity index (χ0) is 7.68. The molecule has 2 rings (SSSR count). The van der Waals surface area contributed by atoms with Crippen LogP contribution in [-0.4, -0.2) is 10.1 Å². The van der Waals surface area contributed by atoms with E-state index in [4.69, 9.17) is 5.11 Å². The van der Waals surface area contributed by atoms with Gasteiger partial charge in [0, 0.05) is 17.8 Å². The van der Waals surface area contributed by atoms with E-state index < -0.39 is 0 Å². The Morgan fingerprint density at radius 3 is 2.83 bits per heavy atom. The van der Waals surface area contributed by atoms with Crippen LogP contribution in [0.15, 0.2) is 18.3 Å². The summed E-state index contributed by atoms with van der Waals surface area (Å²) in [5, 5.41) is 8.96. The van der Waals surface area contributed by atoms with Crippen molar-refractivity contribution in [2.45, 2.75) is 25.4 Å². The molecule has 1 aromatic heterocycles. The van der Waals surface area contributed by atoms with Crippen molar-refractivity contribution in [1.82, 2.24) is 4.98 Å². The second-order valence-electron chi connectivity index (χ2n) is 2.98. The van der Waals surface area contributed by atoms with E-state index >= 15 is 0 Å². The third kappa shape index (κ3) is 1.76. The Bertz CT molecular complexity index is 260. The van der Waals surface area contributed by atoms with Crippen molar-refractivity contribution in [2.24, 2.45) is 0 Å². The van der Waals surface area contributed by atoms with Gasteiger partial charge in [-0.1, -0.05) is 6.07 Å². The Morgan fingerprint density at radius 1 is 1.50 bits per heavy atom. The first kappa shape index (κ1) is 9.49. The average Bonchev–Trinajstić information content (AvgIpc) is 2.87. The zero-order valence-electron chi connectivity index (χ0n) is 6.73. The third-order valence-corrected chi connectivity index (χ3v) is 2.06. The van der Waals surface area contributed by atoms with Crippen molar-refractivity contribution in [1.29, 1.82) is 0 Å². The molecule has 0 radical (unpaired) electrons. The number of halogens is 1. The minimum atomic E-state index is 0. The molecular formula is C9H12ClNO. The maximum Gasteiger partial charge on any atom is 0.0699 e. The van der Waals surface area contributed by atoms with Gasteiger partial charge in [0.2, 0.25) is 0 Å². The predicted octanol–water partition coefficient (Wildman–Crippen LogP) is 1.87. The van der Waals surface area contributed by atoms with Gasteiger partial charge >= 0.3 is 0 Å². The molecule has 0 atom stereocenters. The van der Waals surface area contributed by atoms with Crippen LogP contribution in [0, 0.1) is 0 Å². The van der Waals surface area contributed by atoms with Gasteiger partial charge in [0.15, 0.2) is 0 Å². The molecule has 12 heavy (non-hydrogen) atoms. The van der Waals surface area contributed by atoms with Crippen molar-refractivity contribution in [3.05, 3.63) is 29.6 Å². The molecule has 0 aliphatic heterocycles. The van der Waals surface area contributed by atoms with Crippen molar-refractivity contribution in [3.8, 4) is 0 Å². The van der Waals surface area contributed by atoms with Gasteiger partial charge in [0.25, 0.3) is 0 Å². The number of aliphatic hydroxyl groups excluding tert-OH is 1. The molecule has 1 heterocycles. The van der Waals surface area contributed by atoms with Crippen molar-refractivity contribution in [2.75, 3.05) is 0 Å². The molecule has 1 fully saturated rings. The van der Waals surface area contributed by atoms with Crippen LogP contribution >= 0.6 is 12.4 Å². The molecule has 0 amide bonds. The lowest BCUT2D eigenvalue weighted by molar-refractivity contribution is 0.280. The van der Waals surface area contributed by atoms with Gasteiger partial charge in [-0.2, -0.15) is 0 Å². The molecule has 66 valence electrons. The number of hydrogen-bond donors (Lipinski definition) is 1. The summed E-state index contributed by atoms with van der Waals surface area (Å²) in [6.07, 6.45) is 4.28. The van der Waals surface area contributed by atoms with Gasteiger partial charge in [0.05, 0.1) is 6.61 Å². The largest absolute Gasteiger partial charge is 0.392 e. The molecule has 1 N–H and O–H groups in total. The van der Waals surface area contributed by atoms with E-state index in [1.807, 2.05) is 12.1 Å². The Kier molecular flexibility index (Phi) is 3.06. The molecule has 0 saturated heterocycles. The average molecular weight is 186 g/mol. The number of aliphatic hydroxyl groups is 1. The van der Waals surface area contributed by atoms with E-state index in [2.05, 4.69) is 4.98 Å². The maximum absolute atomic E-state index is 8.96. The molecule has 1 saturated carbocycles. The van der Waals surface area contributed by atoms with Crippen LogP contribution in [0.3, 0.4) is 0 Å². The third-order valence-electron chi connectivity index (χ3n) is 2.06. The summed E-state index contributed by atoms with van der Waals surface area (Å²) < 4.78 is 0. The Labute approximate surface area is 78.1 Å². The first-order chi connectivity index (χ1) is 5.42. The fraction of sp³-hybridized carbons (Fsp3) is 0.444. The van der Waals surface area contributed by atoms with Crippen LogP contribution in [0.5, 0.6) is 0 Å². The predicted molar refractivity (Wildman–Crippen MR) is 49.4 cm³/mol. The molecule has 3 heteroatoms. The number of rotatable bonds is 2. The Hall–Kier alpha value is -0.600. The summed E-state index contributed by atoms with van der Waals surface area (Å²) in [5.74, 6) is 0.637. The van der Waals surface area contributed by atoms with Crippen LogP contribution in [0.2, 0.25) is 0 Å². The topological polar surface area (TPSA) is 33.1 Å². The molecule has 2 nitrogen and oxygen atoms in total. The molecule has 0 bridgehead atoms. The first-order valence-corrected chi connectivity index (χ1v) is 3.96. The highest BCUT2D eigenvalue weighted by atomic mass is 35.5. The van der Waals surface area contributed by atoms with Crippen molar-refractivity contribution < 1.29 is 5.11 Å². The lowest BCUT2D eigenvalue weighted by Crippen LogP contribution is -1.94. The molecule has 0 unspecified atom stereocenters. The summed E-state index contributed by atoms with van der Waals surface area (Å²) in [4.78, 5) is 4.25. The summed E-state index contributed by atoms with van der Waals surface area (Å²) in [6, 6.07) is 3.82. The van der Waals surface area contributed by atoms with Gasteiger partial charge in [-0.3, -0.25) is 4.98 Å². The second-order valence-corrected chi connectivity index (χ2v) is 2.98. The normalized spacial score (nSPS) is 15.4. The van der Waals surface area contributed by atoms with E-state index in [0.717, 1.165) is 11.3 Å². The van der Waals surface area contributed by atoms with Gasteiger partial charge in [-0.15, -0.1) is 12.4 Å². The van der Waals surface area contributed by atoms with E-state index in [1.165, 1.54) is 12.8 Å². The van der Waals surface area contributed by atoms with Crippen LogP contribution in [0.1, 0.15) is 30.0 Å². The number of aromatic nitrogens is 1. The summed E-state index contributed by atoms with van der Waals surface area (Å²) in [6.45, 7) is 0.125. The van der Waals surface area contributed by atoms with Gasteiger partial charge in [-0.25, -0.2) is 0 Å². The maximum atomic E-state index is 8.96. The highest BCUT2D eigenvalue weighted by Crippen LogP contribution is 2.40. The van der Waals surface area contributed by atoms with Crippen molar-refractivity contribution in [3.63, 3.8) is 0 Å². The van der Waals surface area contributed by atoms with E-state index in [0.29, 0.717) is 5.92 Å². The fourth-order valence-electron chi connectivity index (χ4n) is 1.31. The lowest BCUT2D eigenvalue weighted by Gasteiger charge is -2.02. The zero-order valence-corrected chi connectivity index (χ0v) is 7.55. The van der Waals surface area contributed by atoms with E-state index in [1.54, 1.807) is 6.20 Å². The molecule has 0 aromatic carbocycles. The van der Waals surface area contributed by atoms with Gasteiger partial charge < -0.3 is 5.11 Å². The molecule has 1 aliphatic carbocycles. The number of hydrogen-bond acceptors (Lipinski definition) is 2. The standard InChI is InChI=1S/C9H11NO.ClH/c11-6-8-2-1-5-10-9(8)7-3-4-7;/h1-2,5,7,11H,3-4,6H2;1H. The number of nitrogens with zero attached hydrogens (tertiary/aromatic N) is 1. The minimum Gasteiger partial charge on any atom is -0.392 e. The quantitative estimate of drug-likeness (QED) is 0.763. The van der Waals surface area contributed by atoms with Crippen LogP contribution in [0.25, 0.3) is 0 Å². The second kappa shape index (κ2) is 3.87. The van der Waals surface area contributed by atoms with Crippen LogP contribution in [0.4, 0.5) is 0 Å². The highest BCUT2D eigenvalue weighted by molar-refractivity contribution is 5.85. The highest BCUT2D eigenvalue weighted by Gasteiger charge is 2.26. The SMILES string of the molecule is Cl.OCc1cccnc1C1CC1. The molecular weight excluding hydrogens is 174 g/mol. The summed E-state index contributed by atoms with van der Waals surface area (Å²) in [7, 11) is 0.